The fourth-order valence-electron chi connectivity index (χ4n) is 2.33. The van der Waals surface area contributed by atoms with Gasteiger partial charge in [-0.2, -0.15) is 5.10 Å². The van der Waals surface area contributed by atoms with Crippen molar-refractivity contribution in [1.82, 2.24) is 25.1 Å². The molecule has 0 aliphatic heterocycles. The van der Waals surface area contributed by atoms with E-state index in [1.54, 1.807) is 6.33 Å². The number of nitrogens with zero attached hydrogens (tertiary/aromatic N) is 3. The minimum absolute atomic E-state index is 0.286. The van der Waals surface area contributed by atoms with Gasteiger partial charge in [0, 0.05) is 36.7 Å². The molecule has 8 nitrogen and oxygen atoms in total. The number of hydrogen-bond donors (Lipinski definition) is 4. The molecular weight excluding hydrogens is 258 g/mol. The summed E-state index contributed by atoms with van der Waals surface area (Å²) >= 11 is 0. The zero-order chi connectivity index (χ0) is 13.9. The van der Waals surface area contributed by atoms with Crippen LogP contribution in [0.3, 0.4) is 0 Å². The Morgan fingerprint density at radius 1 is 1.40 bits per heavy atom. The summed E-state index contributed by atoms with van der Waals surface area (Å²) in [4.78, 5) is 22.0. The highest BCUT2D eigenvalue weighted by Gasteiger charge is 2.28. The van der Waals surface area contributed by atoms with Gasteiger partial charge in [-0.3, -0.25) is 4.98 Å². The SMILES string of the molecule is NC1CC(c2cc(NCCc3n[nH]c(=O)[nH]3)ncn2)C1. The summed E-state index contributed by atoms with van der Waals surface area (Å²) in [6.45, 7) is 0.640. The minimum atomic E-state index is -0.286. The van der Waals surface area contributed by atoms with Crippen LogP contribution in [0.2, 0.25) is 0 Å². The number of H-pyrrole nitrogens is 2. The third kappa shape index (κ3) is 2.85. The number of rotatable bonds is 5. The van der Waals surface area contributed by atoms with Crippen molar-refractivity contribution in [2.45, 2.75) is 31.2 Å². The minimum Gasteiger partial charge on any atom is -0.370 e. The van der Waals surface area contributed by atoms with Gasteiger partial charge in [-0.05, 0) is 12.8 Å². The van der Waals surface area contributed by atoms with Gasteiger partial charge in [0.25, 0.3) is 0 Å². The number of nitrogens with one attached hydrogen (secondary N) is 3. The topological polar surface area (TPSA) is 125 Å². The molecule has 1 aliphatic carbocycles. The Bertz CT molecular complexity index is 628. The highest BCUT2D eigenvalue weighted by Crippen LogP contribution is 2.34. The maximum Gasteiger partial charge on any atom is 0.340 e. The van der Waals surface area contributed by atoms with Crippen LogP contribution in [0.4, 0.5) is 5.82 Å². The molecule has 0 saturated heterocycles. The molecule has 2 heterocycles. The average Bonchev–Trinajstić information content (AvgIpc) is 2.81. The maximum absolute atomic E-state index is 10.9. The van der Waals surface area contributed by atoms with Gasteiger partial charge in [0.2, 0.25) is 0 Å². The third-order valence-corrected chi connectivity index (χ3v) is 3.50. The molecule has 0 aromatic carbocycles. The second-order valence-electron chi connectivity index (χ2n) is 5.06. The molecule has 1 aliphatic rings. The summed E-state index contributed by atoms with van der Waals surface area (Å²) in [6, 6.07) is 2.27. The largest absolute Gasteiger partial charge is 0.370 e. The quantitative estimate of drug-likeness (QED) is 0.596. The van der Waals surface area contributed by atoms with Crippen molar-refractivity contribution in [2.24, 2.45) is 5.73 Å². The van der Waals surface area contributed by atoms with E-state index in [1.807, 2.05) is 6.07 Å². The zero-order valence-corrected chi connectivity index (χ0v) is 11.0. The predicted molar refractivity (Wildman–Crippen MR) is 73.4 cm³/mol. The molecule has 0 amide bonds. The lowest BCUT2D eigenvalue weighted by Gasteiger charge is -2.31. The van der Waals surface area contributed by atoms with Gasteiger partial charge in [0.05, 0.1) is 0 Å². The Morgan fingerprint density at radius 2 is 2.25 bits per heavy atom. The molecule has 0 spiro atoms. The van der Waals surface area contributed by atoms with Gasteiger partial charge in [-0.1, -0.05) is 0 Å². The van der Waals surface area contributed by atoms with Gasteiger partial charge in [-0.25, -0.2) is 19.9 Å². The van der Waals surface area contributed by atoms with Crippen LogP contribution in [0.5, 0.6) is 0 Å². The summed E-state index contributed by atoms with van der Waals surface area (Å²) < 4.78 is 0. The summed E-state index contributed by atoms with van der Waals surface area (Å²) in [5.74, 6) is 1.87. The maximum atomic E-state index is 10.9. The van der Waals surface area contributed by atoms with E-state index in [2.05, 4.69) is 30.5 Å². The van der Waals surface area contributed by atoms with Gasteiger partial charge >= 0.3 is 5.69 Å². The summed E-state index contributed by atoms with van der Waals surface area (Å²) in [5, 5.41) is 9.38. The number of nitrogens with two attached hydrogens (primary N) is 1. The molecule has 0 unspecified atom stereocenters. The van der Waals surface area contributed by atoms with Crippen molar-refractivity contribution in [1.29, 1.82) is 0 Å². The van der Waals surface area contributed by atoms with Gasteiger partial charge < -0.3 is 11.1 Å². The van der Waals surface area contributed by atoms with E-state index in [4.69, 9.17) is 5.73 Å². The Kier molecular flexibility index (Phi) is 3.46. The van der Waals surface area contributed by atoms with E-state index in [0.29, 0.717) is 30.7 Å². The van der Waals surface area contributed by atoms with Crippen LogP contribution >= 0.6 is 0 Å². The van der Waals surface area contributed by atoms with E-state index in [0.717, 1.165) is 24.4 Å². The Balaban J connectivity index is 1.55. The second-order valence-corrected chi connectivity index (χ2v) is 5.06. The summed E-state index contributed by atoms with van der Waals surface area (Å²) in [6.07, 6.45) is 4.17. The van der Waals surface area contributed by atoms with E-state index in [9.17, 15) is 4.79 Å². The van der Waals surface area contributed by atoms with Crippen molar-refractivity contribution >= 4 is 5.82 Å². The first-order chi connectivity index (χ1) is 9.70. The van der Waals surface area contributed by atoms with Gasteiger partial charge in [0.1, 0.15) is 18.0 Å². The van der Waals surface area contributed by atoms with Crippen LogP contribution in [-0.4, -0.2) is 37.7 Å². The predicted octanol–water partition coefficient (Wildman–Crippen LogP) is -0.253. The summed E-state index contributed by atoms with van der Waals surface area (Å²) in [7, 11) is 0. The van der Waals surface area contributed by atoms with Crippen molar-refractivity contribution in [2.75, 3.05) is 11.9 Å². The normalized spacial score (nSPS) is 21.4. The lowest BCUT2D eigenvalue weighted by Crippen LogP contribution is -2.35. The zero-order valence-electron chi connectivity index (χ0n) is 11.0. The molecule has 5 N–H and O–H groups in total. The van der Waals surface area contributed by atoms with Crippen LogP contribution in [0.15, 0.2) is 17.2 Å². The average molecular weight is 275 g/mol. The number of anilines is 1. The molecule has 1 fully saturated rings. The van der Waals surface area contributed by atoms with E-state index >= 15 is 0 Å². The lowest BCUT2D eigenvalue weighted by molar-refractivity contribution is 0.345. The van der Waals surface area contributed by atoms with Gasteiger partial charge in [-0.15, -0.1) is 0 Å². The van der Waals surface area contributed by atoms with E-state index < -0.39 is 0 Å². The van der Waals surface area contributed by atoms with Crippen LogP contribution in [-0.2, 0) is 6.42 Å². The first-order valence-corrected chi connectivity index (χ1v) is 6.65. The van der Waals surface area contributed by atoms with E-state index in [1.165, 1.54) is 0 Å². The van der Waals surface area contributed by atoms with Crippen molar-refractivity contribution in [3.05, 3.63) is 34.4 Å². The molecule has 1 saturated carbocycles. The Labute approximate surface area is 115 Å². The van der Waals surface area contributed by atoms with Crippen LogP contribution in [0, 0.1) is 0 Å². The van der Waals surface area contributed by atoms with E-state index in [-0.39, 0.29) is 5.69 Å². The molecule has 0 bridgehead atoms. The van der Waals surface area contributed by atoms with Crippen molar-refractivity contribution in [3.63, 3.8) is 0 Å². The summed E-state index contributed by atoms with van der Waals surface area (Å²) in [5.41, 5.74) is 6.55. The molecule has 3 rings (SSSR count). The fourth-order valence-corrected chi connectivity index (χ4v) is 2.33. The fraction of sp³-hybridized carbons (Fsp3) is 0.500. The number of hydrogen-bond acceptors (Lipinski definition) is 6. The smallest absolute Gasteiger partial charge is 0.340 e. The number of aromatic amines is 2. The molecule has 0 atom stereocenters. The standard InChI is InChI=1S/C12H17N7O/c13-8-3-7(4-8)9-5-11(16-6-15-9)14-2-1-10-17-12(20)19-18-10/h5-8H,1-4,13H2,(H,14,15,16)(H2,17,18,19,20). The molecule has 0 radical (unpaired) electrons. The molecule has 2 aromatic rings. The molecule has 8 heteroatoms. The third-order valence-electron chi connectivity index (χ3n) is 3.50. The van der Waals surface area contributed by atoms with Crippen molar-refractivity contribution in [3.8, 4) is 0 Å². The first-order valence-electron chi connectivity index (χ1n) is 6.65. The van der Waals surface area contributed by atoms with Crippen LogP contribution in [0.25, 0.3) is 0 Å². The first kappa shape index (κ1) is 12.8. The molecule has 106 valence electrons. The highest BCUT2D eigenvalue weighted by molar-refractivity contribution is 5.36. The highest BCUT2D eigenvalue weighted by atomic mass is 16.1. The number of aromatic nitrogens is 5. The Hall–Kier alpha value is -2.22. The Morgan fingerprint density at radius 3 is 2.95 bits per heavy atom. The van der Waals surface area contributed by atoms with Crippen LogP contribution < -0.4 is 16.7 Å². The van der Waals surface area contributed by atoms with Crippen molar-refractivity contribution < 1.29 is 0 Å². The molecular formula is C12H17N7O. The molecule has 2 aromatic heterocycles. The lowest BCUT2D eigenvalue weighted by atomic mass is 9.79. The van der Waals surface area contributed by atoms with Gasteiger partial charge in [0.15, 0.2) is 0 Å². The van der Waals surface area contributed by atoms with Crippen LogP contribution in [0.1, 0.15) is 30.3 Å². The molecule has 20 heavy (non-hydrogen) atoms. The monoisotopic (exact) mass is 275 g/mol. The second kappa shape index (κ2) is 5.41.